The summed E-state index contributed by atoms with van der Waals surface area (Å²) in [5, 5.41) is 0.519. The van der Waals surface area contributed by atoms with Crippen LogP contribution >= 0.6 is 11.8 Å². The number of aliphatic imine (C=N–C) groups is 1. The van der Waals surface area contributed by atoms with Crippen molar-refractivity contribution in [2.45, 2.75) is 30.4 Å². The van der Waals surface area contributed by atoms with Crippen LogP contribution in [0.25, 0.3) is 0 Å². The third-order valence-electron chi connectivity index (χ3n) is 2.90. The Morgan fingerprint density at radius 3 is 2.89 bits per heavy atom. The minimum Gasteiger partial charge on any atom is -0.372 e. The van der Waals surface area contributed by atoms with Crippen molar-refractivity contribution in [3.8, 4) is 0 Å². The molecule has 0 fully saturated rings. The Kier molecular flexibility index (Phi) is 4.45. The molecule has 0 aromatic heterocycles. The molecule has 1 aromatic rings. The van der Waals surface area contributed by atoms with Crippen molar-refractivity contribution >= 4 is 17.6 Å². The van der Waals surface area contributed by atoms with Gasteiger partial charge in [-0.1, -0.05) is 30.8 Å². The van der Waals surface area contributed by atoms with E-state index in [1.807, 2.05) is 18.2 Å². The molecule has 1 aliphatic heterocycles. The number of amidine groups is 1. The average molecular weight is 284 g/mol. The van der Waals surface area contributed by atoms with Gasteiger partial charge in [0.05, 0.1) is 12.4 Å². The Morgan fingerprint density at radius 1 is 1.47 bits per heavy atom. The number of halogens is 2. The number of nitrogens with zero attached hydrogens (tertiary/aromatic N) is 1. The van der Waals surface area contributed by atoms with E-state index in [4.69, 9.17) is 0 Å². The van der Waals surface area contributed by atoms with Gasteiger partial charge in [0, 0.05) is 24.3 Å². The molecule has 0 aliphatic carbocycles. The topological polar surface area (TPSA) is 24.4 Å². The Labute approximate surface area is 116 Å². The number of hydrogen-bond donors (Lipinski definition) is 1. The SMILES string of the molecule is CC(Cc1cccc(SC(C)(F)F)c1)C1=NCCN1. The van der Waals surface area contributed by atoms with Crippen LogP contribution in [0.4, 0.5) is 8.78 Å². The van der Waals surface area contributed by atoms with Gasteiger partial charge in [0.25, 0.3) is 5.25 Å². The maximum Gasteiger partial charge on any atom is 0.295 e. The molecular weight excluding hydrogens is 266 g/mol. The van der Waals surface area contributed by atoms with Crippen LogP contribution in [0.5, 0.6) is 0 Å². The molecule has 104 valence electrons. The van der Waals surface area contributed by atoms with Crippen LogP contribution in [0.2, 0.25) is 0 Å². The summed E-state index contributed by atoms with van der Waals surface area (Å²) in [6.45, 7) is 4.75. The number of hydrogen-bond acceptors (Lipinski definition) is 3. The minimum atomic E-state index is -2.73. The van der Waals surface area contributed by atoms with E-state index >= 15 is 0 Å². The van der Waals surface area contributed by atoms with Crippen molar-refractivity contribution in [3.63, 3.8) is 0 Å². The fraction of sp³-hybridized carbons (Fsp3) is 0.500. The lowest BCUT2D eigenvalue weighted by atomic mass is 10.0. The lowest BCUT2D eigenvalue weighted by Crippen LogP contribution is -2.26. The minimum absolute atomic E-state index is 0.296. The van der Waals surface area contributed by atoms with Gasteiger partial charge < -0.3 is 5.32 Å². The monoisotopic (exact) mass is 284 g/mol. The maximum atomic E-state index is 13.0. The summed E-state index contributed by atoms with van der Waals surface area (Å²) >= 11 is 0.595. The molecule has 1 heterocycles. The normalized spacial score (nSPS) is 16.9. The fourth-order valence-corrected chi connectivity index (χ4v) is 2.91. The summed E-state index contributed by atoms with van der Waals surface area (Å²) in [4.78, 5) is 5.00. The summed E-state index contributed by atoms with van der Waals surface area (Å²) in [6.07, 6.45) is 0.815. The van der Waals surface area contributed by atoms with Gasteiger partial charge in [0.15, 0.2) is 0 Å². The van der Waals surface area contributed by atoms with Crippen molar-refractivity contribution in [1.82, 2.24) is 5.32 Å². The zero-order valence-electron chi connectivity index (χ0n) is 11.1. The van der Waals surface area contributed by atoms with Crippen molar-refractivity contribution < 1.29 is 8.78 Å². The first-order chi connectivity index (χ1) is 8.94. The highest BCUT2D eigenvalue weighted by Crippen LogP contribution is 2.35. The average Bonchev–Trinajstić information content (AvgIpc) is 2.80. The molecule has 1 atom stereocenters. The van der Waals surface area contributed by atoms with Crippen LogP contribution < -0.4 is 5.32 Å². The number of rotatable bonds is 5. The molecule has 2 rings (SSSR count). The first-order valence-electron chi connectivity index (χ1n) is 6.38. The van der Waals surface area contributed by atoms with E-state index in [0.29, 0.717) is 22.6 Å². The quantitative estimate of drug-likeness (QED) is 0.836. The molecule has 19 heavy (non-hydrogen) atoms. The molecule has 0 amide bonds. The van der Waals surface area contributed by atoms with Gasteiger partial charge in [0.1, 0.15) is 0 Å². The predicted octanol–water partition coefficient (Wildman–Crippen LogP) is 3.57. The highest BCUT2D eigenvalue weighted by Gasteiger charge is 2.23. The standard InChI is InChI=1S/C14H18F2N2S/c1-10(13-17-6-7-18-13)8-11-4-3-5-12(9-11)19-14(2,15)16/h3-5,9-10H,6-8H2,1-2H3,(H,17,18). The van der Waals surface area contributed by atoms with E-state index < -0.39 is 5.25 Å². The number of nitrogens with one attached hydrogen (secondary N) is 1. The fourth-order valence-electron chi connectivity index (χ4n) is 2.14. The summed E-state index contributed by atoms with van der Waals surface area (Å²) in [7, 11) is 0. The zero-order valence-corrected chi connectivity index (χ0v) is 11.9. The third kappa shape index (κ3) is 4.49. The molecule has 2 nitrogen and oxygen atoms in total. The summed E-state index contributed by atoms with van der Waals surface area (Å²) in [5.41, 5.74) is 1.07. The molecule has 0 spiro atoms. The largest absolute Gasteiger partial charge is 0.372 e. The van der Waals surface area contributed by atoms with Gasteiger partial charge in [-0.25, -0.2) is 0 Å². The number of benzene rings is 1. The van der Waals surface area contributed by atoms with E-state index in [2.05, 4.69) is 17.2 Å². The van der Waals surface area contributed by atoms with Crippen LogP contribution in [0.3, 0.4) is 0 Å². The third-order valence-corrected chi connectivity index (χ3v) is 3.75. The Bertz CT molecular complexity index is 469. The highest BCUT2D eigenvalue weighted by molar-refractivity contribution is 8.00. The smallest absolute Gasteiger partial charge is 0.295 e. The number of alkyl halides is 2. The first kappa shape index (κ1) is 14.3. The Morgan fingerprint density at radius 2 is 2.26 bits per heavy atom. The van der Waals surface area contributed by atoms with E-state index in [0.717, 1.165) is 37.8 Å². The molecule has 1 aromatic carbocycles. The van der Waals surface area contributed by atoms with Crippen LogP contribution in [0.1, 0.15) is 19.4 Å². The molecule has 1 aliphatic rings. The molecule has 0 radical (unpaired) electrons. The molecule has 0 saturated carbocycles. The van der Waals surface area contributed by atoms with Gasteiger partial charge in [-0.05, 0) is 24.1 Å². The summed E-state index contributed by atoms with van der Waals surface area (Å²) in [6, 6.07) is 7.37. The highest BCUT2D eigenvalue weighted by atomic mass is 32.2. The maximum absolute atomic E-state index is 13.0. The molecule has 1 N–H and O–H groups in total. The van der Waals surface area contributed by atoms with Gasteiger partial charge >= 0.3 is 0 Å². The van der Waals surface area contributed by atoms with E-state index in [1.54, 1.807) is 6.07 Å². The molecule has 0 saturated heterocycles. The van der Waals surface area contributed by atoms with Crippen molar-refractivity contribution in [2.24, 2.45) is 10.9 Å². The van der Waals surface area contributed by atoms with Crippen LogP contribution in [-0.4, -0.2) is 24.2 Å². The second kappa shape index (κ2) is 5.90. The second-order valence-electron chi connectivity index (χ2n) is 4.86. The van der Waals surface area contributed by atoms with Crippen LogP contribution in [0, 0.1) is 5.92 Å². The molecule has 0 bridgehead atoms. The van der Waals surface area contributed by atoms with Gasteiger partial charge in [0.2, 0.25) is 0 Å². The molecular formula is C14H18F2N2S. The molecule has 1 unspecified atom stereocenters. The Hall–Kier alpha value is -1.10. The van der Waals surface area contributed by atoms with Crippen molar-refractivity contribution in [2.75, 3.05) is 13.1 Å². The van der Waals surface area contributed by atoms with E-state index in [1.165, 1.54) is 0 Å². The first-order valence-corrected chi connectivity index (χ1v) is 7.20. The van der Waals surface area contributed by atoms with Crippen LogP contribution in [-0.2, 0) is 6.42 Å². The van der Waals surface area contributed by atoms with E-state index in [-0.39, 0.29) is 0 Å². The Balaban J connectivity index is 2.02. The van der Waals surface area contributed by atoms with Crippen molar-refractivity contribution in [1.29, 1.82) is 0 Å². The van der Waals surface area contributed by atoms with Gasteiger partial charge in [-0.15, -0.1) is 0 Å². The molecule has 5 heteroatoms. The zero-order chi connectivity index (χ0) is 13.9. The van der Waals surface area contributed by atoms with Gasteiger partial charge in [-0.3, -0.25) is 4.99 Å². The van der Waals surface area contributed by atoms with E-state index in [9.17, 15) is 8.78 Å². The second-order valence-corrected chi connectivity index (χ2v) is 6.25. The number of thioether (sulfide) groups is 1. The van der Waals surface area contributed by atoms with Crippen LogP contribution in [0.15, 0.2) is 34.2 Å². The lowest BCUT2D eigenvalue weighted by Gasteiger charge is -2.14. The summed E-state index contributed by atoms with van der Waals surface area (Å²) in [5.74, 6) is 1.32. The lowest BCUT2D eigenvalue weighted by molar-refractivity contribution is 0.129. The van der Waals surface area contributed by atoms with Gasteiger partial charge in [-0.2, -0.15) is 8.78 Å². The predicted molar refractivity (Wildman–Crippen MR) is 76.1 cm³/mol. The van der Waals surface area contributed by atoms with Crippen molar-refractivity contribution in [3.05, 3.63) is 29.8 Å². The summed E-state index contributed by atoms with van der Waals surface area (Å²) < 4.78 is 26.0.